The second-order valence-electron chi connectivity index (χ2n) is 1.97. The van der Waals surface area contributed by atoms with E-state index in [2.05, 4.69) is 47.8 Å². The average Bonchev–Trinajstić information content (AvgIpc) is 2.17. The second kappa shape index (κ2) is 11.5. The summed E-state index contributed by atoms with van der Waals surface area (Å²) < 4.78 is 15.8. The van der Waals surface area contributed by atoms with Crippen molar-refractivity contribution in [2.24, 2.45) is 0 Å². The van der Waals surface area contributed by atoms with Gasteiger partial charge in [0.25, 0.3) is 0 Å². The molecule has 0 aliphatic rings. The van der Waals surface area contributed by atoms with Crippen molar-refractivity contribution >= 4 is 55.1 Å². The molecule has 0 aromatic rings. The Labute approximate surface area is 104 Å². The van der Waals surface area contributed by atoms with Crippen molar-refractivity contribution in [3.63, 3.8) is 0 Å². The zero-order chi connectivity index (χ0) is 9.94. The van der Waals surface area contributed by atoms with Crippen LogP contribution in [-0.2, 0) is 14.0 Å². The Morgan fingerprint density at radius 3 is 1.23 bits per heavy atom. The smallest absolute Gasteiger partial charge is 0.385 e. The summed E-state index contributed by atoms with van der Waals surface area (Å²) in [6.45, 7) is 1.74. The summed E-state index contributed by atoms with van der Waals surface area (Å²) in [7, 11) is -0.548. The van der Waals surface area contributed by atoms with Gasteiger partial charge in [0.15, 0.2) is 0 Å². The zero-order valence-electron chi connectivity index (χ0n) is 7.18. The van der Waals surface area contributed by atoms with Gasteiger partial charge in [-0.3, -0.25) is 0 Å². The maximum Gasteiger partial charge on any atom is 0.639 e. The first-order valence-electron chi connectivity index (χ1n) is 3.87. The molecule has 0 aliphatic carbocycles. The van der Waals surface area contributed by atoms with Crippen molar-refractivity contribution in [2.45, 2.75) is 0 Å². The molecule has 13 heavy (non-hydrogen) atoms. The van der Waals surface area contributed by atoms with Gasteiger partial charge in [0.2, 0.25) is 0 Å². The first-order valence-corrected chi connectivity index (χ1v) is 7.24. The van der Waals surface area contributed by atoms with Crippen molar-refractivity contribution in [1.29, 1.82) is 0 Å². The van der Waals surface area contributed by atoms with Gasteiger partial charge in [0, 0.05) is 35.8 Å². The Bertz CT molecular complexity index is 90.1. The number of alkyl halides is 3. The lowest BCUT2D eigenvalue weighted by Gasteiger charge is -2.12. The van der Waals surface area contributed by atoms with Crippen LogP contribution >= 0.6 is 47.8 Å². The van der Waals surface area contributed by atoms with Gasteiger partial charge in [-0.1, -0.05) is 47.8 Å². The van der Waals surface area contributed by atoms with E-state index in [-0.39, 0.29) is 0 Å². The summed E-state index contributed by atoms with van der Waals surface area (Å²) in [5.74, 6) is 0. The SMILES string of the molecule is BrCCOB(OCCBr)OCCBr. The van der Waals surface area contributed by atoms with Crippen molar-refractivity contribution in [3.05, 3.63) is 0 Å². The Balaban J connectivity index is 3.47. The Morgan fingerprint density at radius 1 is 0.692 bits per heavy atom. The third-order valence-corrected chi connectivity index (χ3v) is 1.96. The van der Waals surface area contributed by atoms with E-state index in [0.717, 1.165) is 16.0 Å². The van der Waals surface area contributed by atoms with Gasteiger partial charge in [-0.05, 0) is 0 Å². The van der Waals surface area contributed by atoms with E-state index in [4.69, 9.17) is 14.0 Å². The van der Waals surface area contributed by atoms with Crippen LogP contribution in [0.4, 0.5) is 0 Å². The highest BCUT2D eigenvalue weighted by Crippen LogP contribution is 1.96. The van der Waals surface area contributed by atoms with E-state index < -0.39 is 7.32 Å². The summed E-state index contributed by atoms with van der Waals surface area (Å²) >= 11 is 9.78. The van der Waals surface area contributed by atoms with Crippen LogP contribution in [0.5, 0.6) is 0 Å². The predicted molar refractivity (Wildman–Crippen MR) is 65.0 cm³/mol. The number of hydrogen-bond acceptors (Lipinski definition) is 3. The minimum absolute atomic E-state index is 0.548. The van der Waals surface area contributed by atoms with Crippen molar-refractivity contribution in [2.75, 3.05) is 35.8 Å². The highest BCUT2D eigenvalue weighted by molar-refractivity contribution is 9.09. The lowest BCUT2D eigenvalue weighted by Crippen LogP contribution is -2.29. The van der Waals surface area contributed by atoms with Gasteiger partial charge in [-0.15, -0.1) is 0 Å². The van der Waals surface area contributed by atoms with Gasteiger partial charge in [-0.2, -0.15) is 0 Å². The van der Waals surface area contributed by atoms with Crippen LogP contribution in [0.3, 0.4) is 0 Å². The van der Waals surface area contributed by atoms with Crippen molar-refractivity contribution in [1.82, 2.24) is 0 Å². The third-order valence-electron chi connectivity index (χ3n) is 0.993. The predicted octanol–water partition coefficient (Wildman–Crippen LogP) is 2.21. The largest absolute Gasteiger partial charge is 0.639 e. The fourth-order valence-corrected chi connectivity index (χ4v) is 1.13. The van der Waals surface area contributed by atoms with Crippen LogP contribution in [0.15, 0.2) is 0 Å². The quantitative estimate of drug-likeness (QED) is 0.452. The number of rotatable bonds is 9. The lowest BCUT2D eigenvalue weighted by molar-refractivity contribution is 0.110. The molecule has 0 aromatic heterocycles. The molecule has 0 bridgehead atoms. The molecule has 0 saturated carbocycles. The first kappa shape index (κ1) is 14.4. The fourth-order valence-electron chi connectivity index (χ4n) is 0.567. The lowest BCUT2D eigenvalue weighted by atomic mass is 10.2. The zero-order valence-corrected chi connectivity index (χ0v) is 11.9. The molecular weight excluding hydrogens is 371 g/mol. The molecule has 0 heterocycles. The highest BCUT2D eigenvalue weighted by atomic mass is 79.9. The summed E-state index contributed by atoms with van der Waals surface area (Å²) in [5, 5.41) is 2.33. The molecule has 0 radical (unpaired) electrons. The molecule has 3 nitrogen and oxygen atoms in total. The molecule has 0 aromatic carbocycles. The van der Waals surface area contributed by atoms with Gasteiger partial charge in [0.05, 0.1) is 0 Å². The molecule has 0 aliphatic heterocycles. The monoisotopic (exact) mass is 380 g/mol. The van der Waals surface area contributed by atoms with Crippen LogP contribution in [0.25, 0.3) is 0 Å². The first-order chi connectivity index (χ1) is 6.35. The van der Waals surface area contributed by atoms with Crippen molar-refractivity contribution < 1.29 is 14.0 Å². The summed E-state index contributed by atoms with van der Waals surface area (Å²) in [6.07, 6.45) is 0. The topological polar surface area (TPSA) is 27.7 Å². The normalized spacial score (nSPS) is 10.4. The van der Waals surface area contributed by atoms with Gasteiger partial charge in [0.1, 0.15) is 0 Å². The standard InChI is InChI=1S/C6H12BBr3O3/c8-1-4-11-7(12-5-2-9)13-6-3-10/h1-6H2. The Kier molecular flexibility index (Phi) is 12.7. The summed E-state index contributed by atoms with van der Waals surface area (Å²) in [5.41, 5.74) is 0. The molecule has 0 amide bonds. The number of halogens is 3. The fraction of sp³-hybridized carbons (Fsp3) is 1.00. The molecular formula is C6H12BBr3O3. The molecule has 0 spiro atoms. The van der Waals surface area contributed by atoms with Crippen molar-refractivity contribution in [3.8, 4) is 0 Å². The number of hydrogen-bond donors (Lipinski definition) is 0. The Morgan fingerprint density at radius 2 is 1.00 bits per heavy atom. The molecule has 78 valence electrons. The van der Waals surface area contributed by atoms with E-state index in [1.165, 1.54) is 0 Å². The second-order valence-corrected chi connectivity index (χ2v) is 4.35. The van der Waals surface area contributed by atoms with Crippen LogP contribution in [0.1, 0.15) is 0 Å². The van der Waals surface area contributed by atoms with E-state index in [1.807, 2.05) is 0 Å². The molecule has 0 fully saturated rings. The molecule has 0 unspecified atom stereocenters. The van der Waals surface area contributed by atoms with E-state index in [0.29, 0.717) is 19.8 Å². The van der Waals surface area contributed by atoms with E-state index >= 15 is 0 Å². The van der Waals surface area contributed by atoms with Gasteiger partial charge < -0.3 is 14.0 Å². The third kappa shape index (κ3) is 9.68. The maximum atomic E-state index is 5.26. The summed E-state index contributed by atoms with van der Waals surface area (Å²) in [4.78, 5) is 0. The molecule has 0 atom stereocenters. The van der Waals surface area contributed by atoms with E-state index in [9.17, 15) is 0 Å². The molecule has 7 heteroatoms. The Hall–Kier alpha value is 1.38. The minimum Gasteiger partial charge on any atom is -0.385 e. The van der Waals surface area contributed by atoms with Crippen LogP contribution in [0, 0.1) is 0 Å². The molecule has 0 rings (SSSR count). The molecule has 0 N–H and O–H groups in total. The van der Waals surface area contributed by atoms with E-state index in [1.54, 1.807) is 0 Å². The highest BCUT2D eigenvalue weighted by Gasteiger charge is 2.19. The van der Waals surface area contributed by atoms with Gasteiger partial charge in [-0.25, -0.2) is 0 Å². The molecule has 0 saturated heterocycles. The maximum absolute atomic E-state index is 5.26. The van der Waals surface area contributed by atoms with Crippen LogP contribution in [0.2, 0.25) is 0 Å². The van der Waals surface area contributed by atoms with Crippen LogP contribution in [-0.4, -0.2) is 43.1 Å². The average molecular weight is 383 g/mol. The summed E-state index contributed by atoms with van der Waals surface area (Å²) in [6, 6.07) is 0. The van der Waals surface area contributed by atoms with Gasteiger partial charge >= 0.3 is 7.32 Å². The van der Waals surface area contributed by atoms with Crippen LogP contribution < -0.4 is 0 Å². The minimum atomic E-state index is -0.548.